The van der Waals surface area contributed by atoms with Gasteiger partial charge in [0.05, 0.1) is 37.0 Å². The summed E-state index contributed by atoms with van der Waals surface area (Å²) < 4.78 is 54.2. The van der Waals surface area contributed by atoms with E-state index >= 15 is 0 Å². The van der Waals surface area contributed by atoms with Crippen molar-refractivity contribution in [3.05, 3.63) is 65.5 Å². The first-order valence-electron chi connectivity index (χ1n) is 9.15. The second-order valence-electron chi connectivity index (χ2n) is 6.87. The number of carbonyl (C=O) groups excluding carboxylic acids is 1. The van der Waals surface area contributed by atoms with Crippen molar-refractivity contribution in [3.63, 3.8) is 0 Å². The monoisotopic (exact) mass is 427 g/mol. The molecule has 0 atom stereocenters. The summed E-state index contributed by atoms with van der Waals surface area (Å²) in [7, 11) is 4.50. The lowest BCUT2D eigenvalue weighted by molar-refractivity contribution is -0.617. The van der Waals surface area contributed by atoms with Gasteiger partial charge in [-0.2, -0.15) is 4.57 Å². The first-order chi connectivity index (χ1) is 14.8. The van der Waals surface area contributed by atoms with E-state index < -0.39 is 23.4 Å². The number of nitrogens with zero attached hydrogens (tertiary/aromatic N) is 1. The third kappa shape index (κ3) is 3.02. The highest BCUT2D eigenvalue weighted by molar-refractivity contribution is 6.14. The fraction of sp³-hybridized carbons (Fsp3) is 0.130. The van der Waals surface area contributed by atoms with Crippen LogP contribution in [0.15, 0.2) is 42.5 Å². The van der Waals surface area contributed by atoms with Crippen LogP contribution in [0.3, 0.4) is 0 Å². The molecule has 0 radical (unpaired) electrons. The standard InChI is InChI=1S/C23H16F3NO4/c1-27-16-9-7-13(12-6-8-15(24)21(26)20(12)25)22(31-3)19(16)18(23(28)29)14-5-4-11(30-2)10-17(14)27/h4-10H,1-3H3. The maximum atomic E-state index is 14.5. The van der Waals surface area contributed by atoms with Crippen molar-refractivity contribution in [1.82, 2.24) is 0 Å². The van der Waals surface area contributed by atoms with Crippen molar-refractivity contribution in [2.45, 2.75) is 0 Å². The van der Waals surface area contributed by atoms with Crippen molar-refractivity contribution >= 4 is 27.8 Å². The number of carboxylic acid groups (broad SMARTS) is 1. The average Bonchev–Trinajstić information content (AvgIpc) is 2.76. The van der Waals surface area contributed by atoms with E-state index in [0.29, 0.717) is 22.2 Å². The van der Waals surface area contributed by atoms with Gasteiger partial charge in [-0.1, -0.05) is 0 Å². The third-order valence-corrected chi connectivity index (χ3v) is 5.32. The van der Waals surface area contributed by atoms with Crippen LogP contribution in [0.4, 0.5) is 13.2 Å². The lowest BCUT2D eigenvalue weighted by Crippen LogP contribution is -2.33. The summed E-state index contributed by atoms with van der Waals surface area (Å²) in [6.45, 7) is 0. The summed E-state index contributed by atoms with van der Waals surface area (Å²) in [6.07, 6.45) is 0. The molecule has 5 nitrogen and oxygen atoms in total. The molecule has 0 spiro atoms. The maximum Gasteiger partial charge on any atom is 0.217 e. The largest absolute Gasteiger partial charge is 0.545 e. The predicted molar refractivity (Wildman–Crippen MR) is 105 cm³/mol. The third-order valence-electron chi connectivity index (χ3n) is 5.32. The lowest BCUT2D eigenvalue weighted by atomic mass is 9.95. The molecule has 0 saturated carbocycles. The van der Waals surface area contributed by atoms with Gasteiger partial charge >= 0.3 is 0 Å². The molecule has 0 aliphatic carbocycles. The van der Waals surface area contributed by atoms with Gasteiger partial charge in [-0.05, 0) is 30.3 Å². The van der Waals surface area contributed by atoms with Gasteiger partial charge in [-0.25, -0.2) is 13.2 Å². The molecule has 158 valence electrons. The molecule has 0 unspecified atom stereocenters. The zero-order valence-electron chi connectivity index (χ0n) is 16.8. The predicted octanol–water partition coefficient (Wildman–Crippen LogP) is 3.28. The molecular formula is C23H16F3NO4. The van der Waals surface area contributed by atoms with Gasteiger partial charge in [0.1, 0.15) is 18.5 Å². The van der Waals surface area contributed by atoms with E-state index in [2.05, 4.69) is 0 Å². The minimum Gasteiger partial charge on any atom is -0.545 e. The van der Waals surface area contributed by atoms with Crippen LogP contribution in [0.2, 0.25) is 0 Å². The summed E-state index contributed by atoms with van der Waals surface area (Å²) in [4.78, 5) is 12.2. The topological polar surface area (TPSA) is 62.5 Å². The Morgan fingerprint density at radius 2 is 1.61 bits per heavy atom. The Labute approximate surface area is 174 Å². The van der Waals surface area contributed by atoms with Crippen molar-refractivity contribution in [3.8, 4) is 22.6 Å². The Bertz CT molecular complexity index is 1390. The molecule has 3 aromatic carbocycles. The smallest absolute Gasteiger partial charge is 0.217 e. The number of carboxylic acids is 1. The van der Waals surface area contributed by atoms with Crippen LogP contribution in [-0.4, -0.2) is 20.2 Å². The number of benzene rings is 3. The number of methoxy groups -OCH3 is 2. The number of rotatable bonds is 4. The van der Waals surface area contributed by atoms with Crippen molar-refractivity contribution in [2.24, 2.45) is 7.05 Å². The molecule has 0 N–H and O–H groups in total. The van der Waals surface area contributed by atoms with Gasteiger partial charge in [0.15, 0.2) is 17.5 Å². The van der Waals surface area contributed by atoms with Crippen molar-refractivity contribution < 1.29 is 37.1 Å². The van der Waals surface area contributed by atoms with Gasteiger partial charge in [0.2, 0.25) is 11.0 Å². The van der Waals surface area contributed by atoms with Gasteiger partial charge in [0.25, 0.3) is 0 Å². The molecule has 1 aromatic heterocycles. The molecule has 0 bridgehead atoms. The second-order valence-corrected chi connectivity index (χ2v) is 6.87. The van der Waals surface area contributed by atoms with E-state index in [1.165, 1.54) is 20.3 Å². The van der Waals surface area contributed by atoms with E-state index in [1.807, 2.05) is 0 Å². The van der Waals surface area contributed by atoms with E-state index in [9.17, 15) is 23.1 Å². The number of pyridine rings is 1. The number of aromatic nitrogens is 1. The van der Waals surface area contributed by atoms with E-state index in [1.54, 1.807) is 35.9 Å². The fourth-order valence-electron chi connectivity index (χ4n) is 3.86. The number of aryl methyl sites for hydroxylation is 1. The maximum absolute atomic E-state index is 14.5. The van der Waals surface area contributed by atoms with E-state index in [-0.39, 0.29) is 27.8 Å². The molecule has 4 aromatic rings. The molecular weight excluding hydrogens is 411 g/mol. The number of halogens is 3. The number of hydrogen-bond donors (Lipinski definition) is 0. The van der Waals surface area contributed by atoms with Crippen LogP contribution in [0, 0.1) is 17.5 Å². The number of carbonyl (C=O) groups is 1. The number of ether oxygens (including phenoxy) is 2. The molecule has 0 aliphatic heterocycles. The van der Waals surface area contributed by atoms with Crippen LogP contribution in [-0.2, 0) is 7.05 Å². The van der Waals surface area contributed by atoms with Gasteiger partial charge in [-0.3, -0.25) is 0 Å². The first-order valence-corrected chi connectivity index (χ1v) is 9.15. The lowest BCUT2D eigenvalue weighted by Gasteiger charge is -2.17. The van der Waals surface area contributed by atoms with Gasteiger partial charge < -0.3 is 19.4 Å². The van der Waals surface area contributed by atoms with Crippen molar-refractivity contribution in [2.75, 3.05) is 14.2 Å². The van der Waals surface area contributed by atoms with Crippen LogP contribution < -0.4 is 19.1 Å². The first kappa shape index (κ1) is 20.5. The average molecular weight is 427 g/mol. The summed E-state index contributed by atoms with van der Waals surface area (Å²) in [6, 6.07) is 9.73. The quantitative estimate of drug-likeness (QED) is 0.285. The molecule has 0 saturated heterocycles. The molecule has 1 heterocycles. The molecule has 0 amide bonds. The number of fused-ring (bicyclic) bond motifs is 2. The molecule has 8 heteroatoms. The normalized spacial score (nSPS) is 11.2. The number of aromatic carboxylic acids is 1. The van der Waals surface area contributed by atoms with Crippen LogP contribution in [0.1, 0.15) is 10.4 Å². The number of hydrogen-bond acceptors (Lipinski definition) is 4. The van der Waals surface area contributed by atoms with Gasteiger partial charge in [0, 0.05) is 22.8 Å². The molecule has 0 fully saturated rings. The van der Waals surface area contributed by atoms with Crippen LogP contribution >= 0.6 is 0 Å². The molecule has 31 heavy (non-hydrogen) atoms. The van der Waals surface area contributed by atoms with E-state index in [0.717, 1.165) is 12.1 Å². The van der Waals surface area contributed by atoms with Crippen LogP contribution in [0.5, 0.6) is 11.5 Å². The zero-order chi connectivity index (χ0) is 22.4. The minimum absolute atomic E-state index is 0.00470. The Morgan fingerprint density at radius 3 is 2.26 bits per heavy atom. The summed E-state index contributed by atoms with van der Waals surface area (Å²) in [5, 5.41) is 12.7. The highest BCUT2D eigenvalue weighted by Crippen LogP contribution is 2.41. The summed E-state index contributed by atoms with van der Waals surface area (Å²) >= 11 is 0. The fourth-order valence-corrected chi connectivity index (χ4v) is 3.86. The van der Waals surface area contributed by atoms with Crippen molar-refractivity contribution in [1.29, 1.82) is 0 Å². The van der Waals surface area contributed by atoms with Crippen LogP contribution in [0.25, 0.3) is 32.9 Å². The SMILES string of the molecule is COc1ccc2c(C(=O)[O-])c3c(OC)c(-c4ccc(F)c(F)c4F)ccc3[n+](C)c2c1. The Kier molecular flexibility index (Phi) is 4.93. The molecule has 0 aliphatic rings. The molecule has 4 rings (SSSR count). The highest BCUT2D eigenvalue weighted by Gasteiger charge is 2.26. The van der Waals surface area contributed by atoms with E-state index in [4.69, 9.17) is 9.47 Å². The summed E-state index contributed by atoms with van der Waals surface area (Å²) in [5.41, 5.74) is 0.636. The zero-order valence-corrected chi connectivity index (χ0v) is 16.8. The Hall–Kier alpha value is -3.81. The Morgan fingerprint density at radius 1 is 0.903 bits per heavy atom. The van der Waals surface area contributed by atoms with Gasteiger partial charge in [-0.15, -0.1) is 0 Å². The summed E-state index contributed by atoms with van der Waals surface area (Å²) in [5.74, 6) is -5.31. The Balaban J connectivity index is 2.20. The second kappa shape index (κ2) is 7.46. The highest BCUT2D eigenvalue weighted by atomic mass is 19.2. The minimum atomic E-state index is -1.63.